The number of aliphatic carboxylic acids is 1. The molecule has 0 rings (SSSR count). The topological polar surface area (TPSA) is 133 Å². The molecule has 0 aromatic rings. The lowest BCUT2D eigenvalue weighted by molar-refractivity contribution is -0.144. The van der Waals surface area contributed by atoms with Gasteiger partial charge in [0.25, 0.3) is 0 Å². The Morgan fingerprint density at radius 1 is 1.22 bits per heavy atom. The van der Waals surface area contributed by atoms with Gasteiger partial charge in [-0.15, -0.1) is 0 Å². The Morgan fingerprint density at radius 2 is 1.83 bits per heavy atom. The summed E-state index contributed by atoms with van der Waals surface area (Å²) >= 11 is 0. The van der Waals surface area contributed by atoms with E-state index < -0.39 is 46.6 Å². The van der Waals surface area contributed by atoms with Crippen molar-refractivity contribution in [3.05, 3.63) is 0 Å². The van der Waals surface area contributed by atoms with E-state index in [1.165, 1.54) is 0 Å². The summed E-state index contributed by atoms with van der Waals surface area (Å²) < 4.78 is 25.6. The number of nitrogens with zero attached hydrogens (tertiary/aromatic N) is 1. The number of nitrogens with one attached hydrogen (secondary N) is 2. The molecule has 0 spiro atoms. The number of carboxylic acid groups (broad SMARTS) is 1. The standard InChI is InChI=1S/C13H25N3O6S/c1-4-6-16(9-13(19)20)12(18)5-7-23(21,22)14-8-11(17)15-10(2)3/h10,14H,4-9H2,1-3H3,(H,15,17)(H,19,20). The maximum atomic E-state index is 11.9. The minimum Gasteiger partial charge on any atom is -0.480 e. The van der Waals surface area contributed by atoms with Crippen molar-refractivity contribution in [2.75, 3.05) is 25.4 Å². The smallest absolute Gasteiger partial charge is 0.323 e. The summed E-state index contributed by atoms with van der Waals surface area (Å²) in [6.07, 6.45) is 0.230. The SMILES string of the molecule is CCCN(CC(=O)O)C(=O)CCS(=O)(=O)NCC(=O)NC(C)C. The Balaban J connectivity index is 4.42. The molecule has 0 atom stereocenters. The van der Waals surface area contributed by atoms with E-state index in [0.717, 1.165) is 4.90 Å². The molecule has 23 heavy (non-hydrogen) atoms. The first-order valence-corrected chi connectivity index (χ1v) is 8.99. The molecule has 0 aliphatic heterocycles. The monoisotopic (exact) mass is 351 g/mol. The molecule has 0 bridgehead atoms. The van der Waals surface area contributed by atoms with Crippen molar-refractivity contribution in [2.24, 2.45) is 0 Å². The molecule has 0 unspecified atom stereocenters. The molecule has 0 aromatic heterocycles. The van der Waals surface area contributed by atoms with Gasteiger partial charge < -0.3 is 15.3 Å². The highest BCUT2D eigenvalue weighted by Gasteiger charge is 2.20. The maximum absolute atomic E-state index is 11.9. The Labute approximate surface area is 136 Å². The molecule has 2 amide bonds. The number of carboxylic acids is 1. The summed E-state index contributed by atoms with van der Waals surface area (Å²) in [6, 6.07) is -0.104. The van der Waals surface area contributed by atoms with Gasteiger partial charge >= 0.3 is 5.97 Å². The van der Waals surface area contributed by atoms with E-state index >= 15 is 0 Å². The summed E-state index contributed by atoms with van der Waals surface area (Å²) in [5.41, 5.74) is 0. The number of amides is 2. The number of hydrogen-bond acceptors (Lipinski definition) is 5. The molecule has 10 heteroatoms. The highest BCUT2D eigenvalue weighted by Crippen LogP contribution is 1.99. The van der Waals surface area contributed by atoms with Gasteiger partial charge in [0.15, 0.2) is 0 Å². The normalized spacial score (nSPS) is 11.3. The van der Waals surface area contributed by atoms with Gasteiger partial charge in [-0.05, 0) is 20.3 Å². The Bertz CT molecular complexity index is 518. The third-order valence-electron chi connectivity index (χ3n) is 2.66. The first-order chi connectivity index (χ1) is 10.6. The zero-order valence-electron chi connectivity index (χ0n) is 13.7. The zero-order valence-corrected chi connectivity index (χ0v) is 14.5. The van der Waals surface area contributed by atoms with Crippen molar-refractivity contribution in [2.45, 2.75) is 39.7 Å². The molecule has 0 radical (unpaired) electrons. The van der Waals surface area contributed by atoms with E-state index in [-0.39, 0.29) is 19.0 Å². The molecule has 0 heterocycles. The number of carbonyl (C=O) groups is 3. The highest BCUT2D eigenvalue weighted by atomic mass is 32.2. The van der Waals surface area contributed by atoms with Gasteiger partial charge in [-0.25, -0.2) is 13.1 Å². The van der Waals surface area contributed by atoms with Crippen LogP contribution in [-0.2, 0) is 24.4 Å². The van der Waals surface area contributed by atoms with Crippen molar-refractivity contribution >= 4 is 27.8 Å². The third-order valence-corrected chi connectivity index (χ3v) is 3.99. The van der Waals surface area contributed by atoms with Crippen LogP contribution in [0.15, 0.2) is 0 Å². The summed E-state index contributed by atoms with van der Waals surface area (Å²) in [5, 5.41) is 11.3. The molecular formula is C13H25N3O6S. The number of rotatable bonds is 11. The predicted molar refractivity (Wildman–Crippen MR) is 84.2 cm³/mol. The average Bonchev–Trinajstić information content (AvgIpc) is 2.41. The largest absolute Gasteiger partial charge is 0.480 e. The quantitative estimate of drug-likeness (QED) is 0.444. The molecule has 0 aliphatic rings. The minimum atomic E-state index is -3.79. The van der Waals surface area contributed by atoms with Crippen LogP contribution >= 0.6 is 0 Å². The number of hydrogen-bond donors (Lipinski definition) is 3. The van der Waals surface area contributed by atoms with Crippen molar-refractivity contribution in [1.82, 2.24) is 14.9 Å². The first kappa shape index (κ1) is 21.3. The molecule has 0 fully saturated rings. The average molecular weight is 351 g/mol. The second kappa shape index (κ2) is 10.2. The van der Waals surface area contributed by atoms with Crippen LogP contribution in [0.5, 0.6) is 0 Å². The lowest BCUT2D eigenvalue weighted by Gasteiger charge is -2.19. The number of sulfonamides is 1. The molecule has 134 valence electrons. The van der Waals surface area contributed by atoms with E-state index in [9.17, 15) is 22.8 Å². The van der Waals surface area contributed by atoms with Crippen LogP contribution < -0.4 is 10.0 Å². The van der Waals surface area contributed by atoms with Crippen molar-refractivity contribution in [3.8, 4) is 0 Å². The van der Waals surface area contributed by atoms with E-state index in [1.54, 1.807) is 20.8 Å². The van der Waals surface area contributed by atoms with Gasteiger partial charge in [0.1, 0.15) is 6.54 Å². The fourth-order valence-corrected chi connectivity index (χ4v) is 2.66. The van der Waals surface area contributed by atoms with E-state index in [1.807, 2.05) is 0 Å². The van der Waals surface area contributed by atoms with Crippen molar-refractivity contribution in [3.63, 3.8) is 0 Å². The van der Waals surface area contributed by atoms with Gasteiger partial charge in [0.05, 0.1) is 12.3 Å². The summed E-state index contributed by atoms with van der Waals surface area (Å²) in [7, 11) is -3.79. The second-order valence-corrected chi connectivity index (χ2v) is 7.25. The van der Waals surface area contributed by atoms with Crippen LogP contribution in [0, 0.1) is 0 Å². The van der Waals surface area contributed by atoms with Crippen molar-refractivity contribution < 1.29 is 27.9 Å². The van der Waals surface area contributed by atoms with E-state index in [0.29, 0.717) is 6.42 Å². The fourth-order valence-electron chi connectivity index (χ4n) is 1.73. The third kappa shape index (κ3) is 10.6. The lowest BCUT2D eigenvalue weighted by atomic mass is 10.3. The highest BCUT2D eigenvalue weighted by molar-refractivity contribution is 7.89. The Hall–Kier alpha value is -1.68. The Kier molecular flexibility index (Phi) is 9.42. The van der Waals surface area contributed by atoms with Crippen LogP contribution in [-0.4, -0.2) is 67.6 Å². The van der Waals surface area contributed by atoms with Crippen LogP contribution in [0.2, 0.25) is 0 Å². The molecular weight excluding hydrogens is 326 g/mol. The number of carbonyl (C=O) groups excluding carboxylic acids is 2. The predicted octanol–water partition coefficient (Wildman–Crippen LogP) is -0.856. The summed E-state index contributed by atoms with van der Waals surface area (Å²) in [6.45, 7) is 4.66. The molecule has 3 N–H and O–H groups in total. The molecule has 0 aliphatic carbocycles. The van der Waals surface area contributed by atoms with Gasteiger partial charge in [0.2, 0.25) is 21.8 Å². The minimum absolute atomic E-state index is 0.104. The Morgan fingerprint density at radius 3 is 2.30 bits per heavy atom. The van der Waals surface area contributed by atoms with E-state index in [2.05, 4.69) is 10.0 Å². The molecule has 9 nitrogen and oxygen atoms in total. The summed E-state index contributed by atoms with van der Waals surface area (Å²) in [4.78, 5) is 35.1. The van der Waals surface area contributed by atoms with Crippen LogP contribution in [0.1, 0.15) is 33.6 Å². The zero-order chi connectivity index (χ0) is 18.0. The summed E-state index contributed by atoms with van der Waals surface area (Å²) in [5.74, 6) is -2.67. The molecule has 0 saturated carbocycles. The van der Waals surface area contributed by atoms with Crippen molar-refractivity contribution in [1.29, 1.82) is 0 Å². The van der Waals surface area contributed by atoms with Crippen LogP contribution in [0.4, 0.5) is 0 Å². The lowest BCUT2D eigenvalue weighted by Crippen LogP contribution is -2.41. The maximum Gasteiger partial charge on any atom is 0.323 e. The van der Waals surface area contributed by atoms with Gasteiger partial charge in [-0.1, -0.05) is 6.92 Å². The van der Waals surface area contributed by atoms with Gasteiger partial charge in [0, 0.05) is 19.0 Å². The second-order valence-electron chi connectivity index (χ2n) is 5.32. The molecule has 0 saturated heterocycles. The first-order valence-electron chi connectivity index (χ1n) is 7.33. The van der Waals surface area contributed by atoms with Crippen LogP contribution in [0.3, 0.4) is 0 Å². The van der Waals surface area contributed by atoms with Crippen LogP contribution in [0.25, 0.3) is 0 Å². The van der Waals surface area contributed by atoms with Gasteiger partial charge in [-0.3, -0.25) is 14.4 Å². The fraction of sp³-hybridized carbons (Fsp3) is 0.769. The van der Waals surface area contributed by atoms with E-state index in [4.69, 9.17) is 5.11 Å². The van der Waals surface area contributed by atoms with Gasteiger partial charge in [-0.2, -0.15) is 0 Å². The molecule has 0 aromatic carbocycles.